The monoisotopic (exact) mass is 397 g/mol. The van der Waals surface area contributed by atoms with Crippen LogP contribution < -0.4 is 4.74 Å². The van der Waals surface area contributed by atoms with Gasteiger partial charge in [-0.25, -0.2) is 0 Å². The molecule has 0 saturated carbocycles. The molecule has 1 atom stereocenters. The molecule has 1 aliphatic heterocycles. The number of nitrogens with zero attached hydrogens (tertiary/aromatic N) is 2. The Bertz CT molecular complexity index is 807. The number of H-pyrrole nitrogens is 1. The van der Waals surface area contributed by atoms with Crippen LogP contribution in [-0.2, 0) is 22.1 Å². The van der Waals surface area contributed by atoms with Crippen molar-refractivity contribution in [2.24, 2.45) is 0 Å². The van der Waals surface area contributed by atoms with Gasteiger partial charge in [-0.2, -0.15) is 18.3 Å². The number of carbonyl (C=O) groups is 1. The third-order valence-corrected chi connectivity index (χ3v) is 4.70. The molecule has 0 aliphatic carbocycles. The van der Waals surface area contributed by atoms with Gasteiger partial charge in [0.25, 0.3) is 0 Å². The average Bonchev–Trinajstić information content (AvgIpc) is 3.31. The standard InChI is InChI=1S/C19H22F3N3O3/c1-27-12-18(26)25-8-6-13(11-25)16-10-14(23-24-16)7-9-28-17-5-3-2-4-15(17)19(20,21)22/h2-5,10,13H,6-9,11-12H2,1H3,(H,23,24)/t13-/m1/s1. The van der Waals surface area contributed by atoms with Crippen LogP contribution >= 0.6 is 0 Å². The van der Waals surface area contributed by atoms with E-state index in [0.717, 1.165) is 23.9 Å². The number of nitrogens with one attached hydrogen (secondary N) is 1. The number of rotatable bonds is 7. The molecule has 28 heavy (non-hydrogen) atoms. The number of amides is 1. The van der Waals surface area contributed by atoms with E-state index < -0.39 is 11.7 Å². The molecule has 1 saturated heterocycles. The number of benzene rings is 1. The van der Waals surface area contributed by atoms with Gasteiger partial charge in [0.1, 0.15) is 12.4 Å². The van der Waals surface area contributed by atoms with Crippen molar-refractivity contribution in [3.05, 3.63) is 47.3 Å². The molecular formula is C19H22F3N3O3. The van der Waals surface area contributed by atoms with Gasteiger partial charge in [0.2, 0.25) is 5.91 Å². The number of carbonyl (C=O) groups excluding carboxylic acids is 1. The van der Waals surface area contributed by atoms with E-state index >= 15 is 0 Å². The van der Waals surface area contributed by atoms with Gasteiger partial charge in [0.05, 0.1) is 17.9 Å². The zero-order valence-corrected chi connectivity index (χ0v) is 15.5. The summed E-state index contributed by atoms with van der Waals surface area (Å²) in [6.45, 7) is 1.40. The number of methoxy groups -OCH3 is 1. The molecular weight excluding hydrogens is 375 g/mol. The van der Waals surface area contributed by atoms with E-state index in [1.54, 1.807) is 4.90 Å². The fourth-order valence-corrected chi connectivity index (χ4v) is 3.26. The zero-order valence-electron chi connectivity index (χ0n) is 15.5. The van der Waals surface area contributed by atoms with Crippen LogP contribution in [0.3, 0.4) is 0 Å². The highest BCUT2D eigenvalue weighted by molar-refractivity contribution is 5.77. The molecule has 1 aliphatic rings. The second-order valence-corrected chi connectivity index (χ2v) is 6.67. The third-order valence-electron chi connectivity index (χ3n) is 4.70. The molecule has 0 unspecified atom stereocenters. The second kappa shape index (κ2) is 8.64. The molecule has 0 radical (unpaired) electrons. The topological polar surface area (TPSA) is 67.4 Å². The predicted octanol–water partition coefficient (Wildman–Crippen LogP) is 3.01. The molecule has 1 amide bonds. The Morgan fingerprint density at radius 1 is 1.36 bits per heavy atom. The highest BCUT2D eigenvalue weighted by Crippen LogP contribution is 2.36. The van der Waals surface area contributed by atoms with Crippen LogP contribution in [0.5, 0.6) is 5.75 Å². The number of para-hydroxylation sites is 1. The smallest absolute Gasteiger partial charge is 0.419 e. The molecule has 6 nitrogen and oxygen atoms in total. The molecule has 1 fully saturated rings. The summed E-state index contributed by atoms with van der Waals surface area (Å²) >= 11 is 0. The highest BCUT2D eigenvalue weighted by Gasteiger charge is 2.34. The molecule has 2 heterocycles. The first-order valence-corrected chi connectivity index (χ1v) is 8.98. The van der Waals surface area contributed by atoms with Crippen LogP contribution in [0, 0.1) is 0 Å². The number of hydrogen-bond donors (Lipinski definition) is 1. The summed E-state index contributed by atoms with van der Waals surface area (Å²) in [4.78, 5) is 13.6. The Hall–Kier alpha value is -2.55. The van der Waals surface area contributed by atoms with E-state index in [2.05, 4.69) is 10.2 Å². The third kappa shape index (κ3) is 4.83. The van der Waals surface area contributed by atoms with Crippen molar-refractivity contribution < 1.29 is 27.4 Å². The molecule has 0 bridgehead atoms. The lowest BCUT2D eigenvalue weighted by molar-refractivity contribution is -0.139. The lowest BCUT2D eigenvalue weighted by Gasteiger charge is -2.15. The maximum atomic E-state index is 13.0. The Morgan fingerprint density at radius 3 is 2.89 bits per heavy atom. The minimum Gasteiger partial charge on any atom is -0.493 e. The van der Waals surface area contributed by atoms with Gasteiger partial charge in [0.15, 0.2) is 0 Å². The first-order valence-electron chi connectivity index (χ1n) is 8.98. The summed E-state index contributed by atoms with van der Waals surface area (Å²) in [5.41, 5.74) is 0.839. The number of likely N-dealkylation sites (tertiary alicyclic amines) is 1. The van der Waals surface area contributed by atoms with Gasteiger partial charge in [-0.15, -0.1) is 0 Å². The fraction of sp³-hybridized carbons (Fsp3) is 0.474. The van der Waals surface area contributed by atoms with Crippen molar-refractivity contribution in [1.29, 1.82) is 0 Å². The van der Waals surface area contributed by atoms with Gasteiger partial charge >= 0.3 is 6.18 Å². The molecule has 1 aromatic carbocycles. The van der Waals surface area contributed by atoms with E-state index in [1.807, 2.05) is 6.07 Å². The van der Waals surface area contributed by atoms with Gasteiger partial charge < -0.3 is 14.4 Å². The van der Waals surface area contributed by atoms with Gasteiger partial charge in [0, 0.05) is 38.2 Å². The maximum Gasteiger partial charge on any atom is 0.419 e. The molecule has 3 rings (SSSR count). The zero-order chi connectivity index (χ0) is 20.1. The number of ether oxygens (including phenoxy) is 2. The fourth-order valence-electron chi connectivity index (χ4n) is 3.26. The minimum absolute atomic E-state index is 0.0440. The summed E-state index contributed by atoms with van der Waals surface area (Å²) in [5.74, 6) is -0.0898. The number of alkyl halides is 3. The largest absolute Gasteiger partial charge is 0.493 e. The number of aromatic amines is 1. The maximum absolute atomic E-state index is 13.0. The van der Waals surface area contributed by atoms with Crippen LogP contribution in [-0.4, -0.2) is 54.4 Å². The first kappa shape index (κ1) is 20.2. The summed E-state index contributed by atoms with van der Waals surface area (Å²) in [7, 11) is 1.49. The van der Waals surface area contributed by atoms with Crippen LogP contribution in [0.25, 0.3) is 0 Å². The minimum atomic E-state index is -4.45. The summed E-state index contributed by atoms with van der Waals surface area (Å²) < 4.78 is 49.2. The van der Waals surface area contributed by atoms with Crippen molar-refractivity contribution in [2.45, 2.75) is 24.9 Å². The molecule has 2 aromatic rings. The summed E-state index contributed by atoms with van der Waals surface area (Å²) in [6.07, 6.45) is -3.24. The number of halogens is 3. The second-order valence-electron chi connectivity index (χ2n) is 6.67. The van der Waals surface area contributed by atoms with Crippen molar-refractivity contribution in [2.75, 3.05) is 33.4 Å². The lowest BCUT2D eigenvalue weighted by Crippen LogP contribution is -2.31. The Kier molecular flexibility index (Phi) is 6.23. The lowest BCUT2D eigenvalue weighted by atomic mass is 10.0. The van der Waals surface area contributed by atoms with Crippen LogP contribution in [0.4, 0.5) is 13.2 Å². The quantitative estimate of drug-likeness (QED) is 0.780. The highest BCUT2D eigenvalue weighted by atomic mass is 19.4. The van der Waals surface area contributed by atoms with Crippen molar-refractivity contribution in [1.82, 2.24) is 15.1 Å². The van der Waals surface area contributed by atoms with Gasteiger partial charge in [-0.05, 0) is 24.6 Å². The molecule has 0 spiro atoms. The summed E-state index contributed by atoms with van der Waals surface area (Å²) in [5, 5.41) is 7.19. The molecule has 9 heteroatoms. The van der Waals surface area contributed by atoms with Crippen LogP contribution in [0.15, 0.2) is 30.3 Å². The Labute approximate surface area is 160 Å². The van der Waals surface area contributed by atoms with E-state index in [0.29, 0.717) is 19.5 Å². The van der Waals surface area contributed by atoms with Gasteiger partial charge in [-0.1, -0.05) is 12.1 Å². The summed E-state index contributed by atoms with van der Waals surface area (Å²) in [6, 6.07) is 7.04. The molecule has 1 N–H and O–H groups in total. The van der Waals surface area contributed by atoms with Gasteiger partial charge in [-0.3, -0.25) is 9.89 Å². The van der Waals surface area contributed by atoms with E-state index in [1.165, 1.54) is 25.3 Å². The van der Waals surface area contributed by atoms with Crippen LogP contribution in [0.2, 0.25) is 0 Å². The Morgan fingerprint density at radius 2 is 2.14 bits per heavy atom. The van der Waals surface area contributed by atoms with Crippen LogP contribution in [0.1, 0.15) is 29.3 Å². The van der Waals surface area contributed by atoms with Crippen molar-refractivity contribution in [3.63, 3.8) is 0 Å². The van der Waals surface area contributed by atoms with Crippen molar-refractivity contribution in [3.8, 4) is 5.75 Å². The van der Waals surface area contributed by atoms with Crippen molar-refractivity contribution >= 4 is 5.91 Å². The number of hydrogen-bond acceptors (Lipinski definition) is 4. The normalized spacial score (nSPS) is 17.1. The molecule has 1 aromatic heterocycles. The van der Waals surface area contributed by atoms with E-state index in [9.17, 15) is 18.0 Å². The molecule has 152 valence electrons. The average molecular weight is 397 g/mol. The first-order chi connectivity index (χ1) is 13.4. The van der Waals surface area contributed by atoms with E-state index in [4.69, 9.17) is 9.47 Å². The number of aromatic nitrogens is 2. The Balaban J connectivity index is 1.53. The predicted molar refractivity (Wildman–Crippen MR) is 95.0 cm³/mol. The van der Waals surface area contributed by atoms with E-state index in [-0.39, 0.29) is 30.8 Å². The SMILES string of the molecule is COCC(=O)N1CC[C@@H](c2cc(CCOc3ccccc3C(F)(F)F)[nH]n2)C1.